The van der Waals surface area contributed by atoms with Gasteiger partial charge in [0.15, 0.2) is 0 Å². The Hall–Kier alpha value is -1.10. The molecule has 0 atom stereocenters. The van der Waals surface area contributed by atoms with E-state index in [-0.39, 0.29) is 11.0 Å². The van der Waals surface area contributed by atoms with Crippen LogP contribution in [0.15, 0.2) is 24.3 Å². The third-order valence-electron chi connectivity index (χ3n) is 2.30. The Morgan fingerprint density at radius 2 is 1.61 bits per heavy atom. The molecule has 1 nitrogen and oxygen atoms in total. The van der Waals surface area contributed by atoms with E-state index in [4.69, 9.17) is 12.2 Å². The summed E-state index contributed by atoms with van der Waals surface area (Å²) < 4.78 is 36.5. The molecule has 5 heteroatoms. The lowest BCUT2D eigenvalue weighted by Gasteiger charge is -2.21. The Bertz CT molecular complexity index is 415. The van der Waals surface area contributed by atoms with Crippen LogP contribution in [0.5, 0.6) is 0 Å². The zero-order valence-corrected chi connectivity index (χ0v) is 11.4. The van der Waals surface area contributed by atoms with Gasteiger partial charge in [0, 0.05) is 11.1 Å². The van der Waals surface area contributed by atoms with Crippen LogP contribution in [0.3, 0.4) is 0 Å². The summed E-state index contributed by atoms with van der Waals surface area (Å²) in [6.07, 6.45) is -5.08. The monoisotopic (exact) mass is 275 g/mol. The lowest BCUT2D eigenvalue weighted by molar-refractivity contribution is -0.127. The van der Waals surface area contributed by atoms with Crippen LogP contribution < -0.4 is 5.32 Å². The molecule has 1 aromatic rings. The molecule has 0 bridgehead atoms. The highest BCUT2D eigenvalue weighted by Gasteiger charge is 2.27. The molecule has 0 fully saturated rings. The van der Waals surface area contributed by atoms with Crippen molar-refractivity contribution in [2.45, 2.75) is 33.4 Å². The number of hydrogen-bond donors (Lipinski definition) is 1. The van der Waals surface area contributed by atoms with Gasteiger partial charge in [-0.1, -0.05) is 45.1 Å². The fourth-order valence-electron chi connectivity index (χ4n) is 1.26. The third-order valence-corrected chi connectivity index (χ3v) is 3.01. The van der Waals surface area contributed by atoms with Gasteiger partial charge in [-0.3, -0.25) is 0 Å². The van der Waals surface area contributed by atoms with E-state index in [9.17, 15) is 13.2 Å². The normalized spacial score (nSPS) is 12.3. The Labute approximate surface area is 110 Å². The number of benzene rings is 1. The van der Waals surface area contributed by atoms with Crippen molar-refractivity contribution in [2.24, 2.45) is 5.41 Å². The second kappa shape index (κ2) is 5.26. The summed E-state index contributed by atoms with van der Waals surface area (Å²) in [6.45, 7) is 5.92. The van der Waals surface area contributed by atoms with E-state index in [1.165, 1.54) is 12.1 Å². The Kier molecular flexibility index (Phi) is 4.37. The van der Waals surface area contributed by atoms with Gasteiger partial charge in [0.05, 0.1) is 11.4 Å². The molecular weight excluding hydrogens is 259 g/mol. The van der Waals surface area contributed by atoms with Gasteiger partial charge in [0.25, 0.3) is 0 Å². The largest absolute Gasteiger partial charge is 0.393 e. The van der Waals surface area contributed by atoms with Gasteiger partial charge in [0.2, 0.25) is 0 Å². The van der Waals surface area contributed by atoms with Crippen molar-refractivity contribution < 1.29 is 13.2 Å². The van der Waals surface area contributed by atoms with E-state index in [1.54, 1.807) is 12.1 Å². The van der Waals surface area contributed by atoms with Crippen molar-refractivity contribution in [1.29, 1.82) is 0 Å². The number of nitrogens with one attached hydrogen (secondary N) is 1. The Morgan fingerprint density at radius 1 is 1.11 bits per heavy atom. The lowest BCUT2D eigenvalue weighted by Crippen LogP contribution is -2.25. The van der Waals surface area contributed by atoms with E-state index >= 15 is 0 Å². The van der Waals surface area contributed by atoms with Crippen LogP contribution in [0.2, 0.25) is 0 Å². The Balaban J connectivity index is 2.70. The second-order valence-electron chi connectivity index (χ2n) is 5.19. The van der Waals surface area contributed by atoms with E-state index in [0.717, 1.165) is 0 Å². The fourth-order valence-corrected chi connectivity index (χ4v) is 1.37. The van der Waals surface area contributed by atoms with Gasteiger partial charge in [-0.25, -0.2) is 0 Å². The van der Waals surface area contributed by atoms with Crippen molar-refractivity contribution in [2.75, 3.05) is 5.32 Å². The van der Waals surface area contributed by atoms with Crippen LogP contribution >= 0.6 is 12.2 Å². The molecule has 1 aromatic carbocycles. The van der Waals surface area contributed by atoms with Gasteiger partial charge in [0.1, 0.15) is 0 Å². The fraction of sp³-hybridized carbons (Fsp3) is 0.462. The zero-order chi connectivity index (χ0) is 14.0. The molecule has 1 rings (SSSR count). The molecule has 0 unspecified atom stereocenters. The molecular formula is C13H16F3NS. The standard InChI is InChI=1S/C13H16F3NS/c1-12(2,3)11(18)17-10-6-4-9(5-7-10)8-13(14,15)16/h4-7H,8H2,1-3H3,(H,17,18). The minimum Gasteiger partial charge on any atom is -0.350 e. The van der Waals surface area contributed by atoms with Gasteiger partial charge >= 0.3 is 6.18 Å². The van der Waals surface area contributed by atoms with Crippen molar-refractivity contribution in [1.82, 2.24) is 0 Å². The predicted molar refractivity (Wildman–Crippen MR) is 71.9 cm³/mol. The summed E-state index contributed by atoms with van der Waals surface area (Å²) >= 11 is 5.20. The van der Waals surface area contributed by atoms with Crippen LogP contribution in [0.1, 0.15) is 26.3 Å². The Morgan fingerprint density at radius 3 is 2.00 bits per heavy atom. The van der Waals surface area contributed by atoms with E-state index in [0.29, 0.717) is 10.7 Å². The van der Waals surface area contributed by atoms with Gasteiger partial charge in [-0.05, 0) is 17.7 Å². The molecule has 0 heterocycles. The maximum atomic E-state index is 12.2. The van der Waals surface area contributed by atoms with Crippen LogP contribution in [-0.4, -0.2) is 11.2 Å². The van der Waals surface area contributed by atoms with E-state index in [2.05, 4.69) is 5.32 Å². The van der Waals surface area contributed by atoms with Gasteiger partial charge in [-0.15, -0.1) is 0 Å². The van der Waals surface area contributed by atoms with Crippen LogP contribution in [0.25, 0.3) is 0 Å². The molecule has 18 heavy (non-hydrogen) atoms. The summed E-state index contributed by atoms with van der Waals surface area (Å²) in [6, 6.07) is 6.14. The van der Waals surface area contributed by atoms with Crippen LogP contribution in [-0.2, 0) is 6.42 Å². The second-order valence-corrected chi connectivity index (χ2v) is 5.60. The number of hydrogen-bond acceptors (Lipinski definition) is 1. The van der Waals surface area contributed by atoms with E-state index < -0.39 is 12.6 Å². The summed E-state index contributed by atoms with van der Waals surface area (Å²) in [5.74, 6) is 0. The molecule has 0 aliphatic heterocycles. The SMILES string of the molecule is CC(C)(C)C(=S)Nc1ccc(CC(F)(F)F)cc1. The first kappa shape index (κ1) is 15.0. The van der Waals surface area contributed by atoms with Crippen molar-refractivity contribution in [3.8, 4) is 0 Å². The lowest BCUT2D eigenvalue weighted by atomic mass is 9.96. The molecule has 0 aromatic heterocycles. The summed E-state index contributed by atoms with van der Waals surface area (Å²) in [5.41, 5.74) is 0.788. The molecule has 1 N–H and O–H groups in total. The molecule has 0 aliphatic carbocycles. The number of thiocarbonyl (C=S) groups is 1. The average molecular weight is 275 g/mol. The van der Waals surface area contributed by atoms with Gasteiger partial charge in [-0.2, -0.15) is 13.2 Å². The topological polar surface area (TPSA) is 12.0 Å². The van der Waals surface area contributed by atoms with Crippen LogP contribution in [0, 0.1) is 5.41 Å². The number of alkyl halides is 3. The first-order valence-electron chi connectivity index (χ1n) is 5.55. The van der Waals surface area contributed by atoms with Crippen molar-refractivity contribution in [3.63, 3.8) is 0 Å². The highest BCUT2D eigenvalue weighted by Crippen LogP contribution is 2.23. The highest BCUT2D eigenvalue weighted by atomic mass is 32.1. The maximum Gasteiger partial charge on any atom is 0.393 e. The molecule has 0 spiro atoms. The maximum absolute atomic E-state index is 12.2. The number of halogens is 3. The van der Waals surface area contributed by atoms with E-state index in [1.807, 2.05) is 20.8 Å². The number of rotatable bonds is 2. The molecule has 0 aliphatic rings. The van der Waals surface area contributed by atoms with Crippen molar-refractivity contribution in [3.05, 3.63) is 29.8 Å². The smallest absolute Gasteiger partial charge is 0.350 e. The quantitative estimate of drug-likeness (QED) is 0.793. The van der Waals surface area contributed by atoms with Crippen molar-refractivity contribution >= 4 is 22.9 Å². The summed E-state index contributed by atoms with van der Waals surface area (Å²) in [5, 5.41) is 3.02. The summed E-state index contributed by atoms with van der Waals surface area (Å²) in [4.78, 5) is 0.658. The first-order valence-corrected chi connectivity index (χ1v) is 5.96. The van der Waals surface area contributed by atoms with Crippen LogP contribution in [0.4, 0.5) is 18.9 Å². The minimum absolute atomic E-state index is 0.167. The van der Waals surface area contributed by atoms with Gasteiger partial charge < -0.3 is 5.32 Å². The number of anilines is 1. The molecule has 100 valence electrons. The third kappa shape index (κ3) is 5.04. The first-order chi connectivity index (χ1) is 8.08. The minimum atomic E-state index is -4.17. The molecule has 0 saturated heterocycles. The predicted octanol–water partition coefficient (Wildman–Crippen LogP) is 4.58. The summed E-state index contributed by atoms with van der Waals surface area (Å²) in [7, 11) is 0. The molecule has 0 radical (unpaired) electrons. The zero-order valence-electron chi connectivity index (χ0n) is 10.6. The molecule has 0 amide bonds. The molecule has 0 saturated carbocycles. The highest BCUT2D eigenvalue weighted by molar-refractivity contribution is 7.80. The average Bonchev–Trinajstić information content (AvgIpc) is 2.17.